The Kier molecular flexibility index (Phi) is 4.88. The molecule has 1 fully saturated rings. The Morgan fingerprint density at radius 2 is 2.09 bits per heavy atom. The summed E-state index contributed by atoms with van der Waals surface area (Å²) in [5.74, 6) is -2.30. The zero-order valence-electron chi connectivity index (χ0n) is 12.2. The molecule has 122 valence electrons. The fourth-order valence-electron chi connectivity index (χ4n) is 2.40. The Bertz CT molecular complexity index is 680. The lowest BCUT2D eigenvalue weighted by atomic mass is 9.96. The number of sulfonamides is 1. The summed E-state index contributed by atoms with van der Waals surface area (Å²) in [5, 5.41) is 10.5. The van der Waals surface area contributed by atoms with E-state index in [-0.39, 0.29) is 22.4 Å². The number of carbonyl (C=O) groups is 2. The van der Waals surface area contributed by atoms with Gasteiger partial charge in [-0.25, -0.2) is 13.2 Å². The molecule has 2 unspecified atom stereocenters. The van der Waals surface area contributed by atoms with Gasteiger partial charge in [-0.1, -0.05) is 0 Å². The molecule has 0 saturated carbocycles. The van der Waals surface area contributed by atoms with Gasteiger partial charge in [0.2, 0.25) is 0 Å². The molecule has 7 nitrogen and oxygen atoms in total. The van der Waals surface area contributed by atoms with Crippen LogP contribution in [0.2, 0.25) is 0 Å². The number of nitrogens with zero attached hydrogens (tertiary/aromatic N) is 1. The average molecular weight is 347 g/mol. The Morgan fingerprint density at radius 1 is 1.41 bits per heavy atom. The van der Waals surface area contributed by atoms with Crippen molar-refractivity contribution in [3.63, 3.8) is 0 Å². The summed E-state index contributed by atoms with van der Waals surface area (Å²) >= 11 is 0.928. The van der Waals surface area contributed by atoms with E-state index in [0.29, 0.717) is 12.8 Å². The van der Waals surface area contributed by atoms with Gasteiger partial charge < -0.3 is 9.84 Å². The Hall–Kier alpha value is -1.45. The molecule has 1 saturated heterocycles. The SMILES string of the molecule is COC(=O)c1csc(S(=O)(=O)N2CC(C(=O)O)CCC2C)c1. The van der Waals surface area contributed by atoms with E-state index < -0.39 is 27.9 Å². The van der Waals surface area contributed by atoms with Crippen molar-refractivity contribution in [3.05, 3.63) is 17.0 Å². The van der Waals surface area contributed by atoms with Gasteiger partial charge in [0.25, 0.3) is 10.0 Å². The van der Waals surface area contributed by atoms with Gasteiger partial charge in [-0.2, -0.15) is 4.31 Å². The highest BCUT2D eigenvalue weighted by Crippen LogP contribution is 2.31. The minimum atomic E-state index is -3.82. The Morgan fingerprint density at radius 3 is 2.68 bits per heavy atom. The third kappa shape index (κ3) is 3.16. The fraction of sp³-hybridized carbons (Fsp3) is 0.538. The van der Waals surface area contributed by atoms with Crippen molar-refractivity contribution in [3.8, 4) is 0 Å². The molecule has 0 aromatic carbocycles. The molecule has 2 heterocycles. The molecule has 0 radical (unpaired) electrons. The average Bonchev–Trinajstić information content (AvgIpc) is 2.97. The lowest BCUT2D eigenvalue weighted by molar-refractivity contribution is -0.143. The molecule has 1 aromatic rings. The second-order valence-corrected chi connectivity index (χ2v) is 8.21. The van der Waals surface area contributed by atoms with E-state index >= 15 is 0 Å². The number of ether oxygens (including phenoxy) is 1. The molecule has 1 N–H and O–H groups in total. The van der Waals surface area contributed by atoms with Crippen molar-refractivity contribution in [2.24, 2.45) is 5.92 Å². The van der Waals surface area contributed by atoms with Crippen LogP contribution in [0.3, 0.4) is 0 Å². The summed E-state index contributed by atoms with van der Waals surface area (Å²) in [4.78, 5) is 22.6. The maximum Gasteiger partial charge on any atom is 0.338 e. The van der Waals surface area contributed by atoms with Gasteiger partial charge in [-0.15, -0.1) is 11.3 Å². The Balaban J connectivity index is 2.30. The van der Waals surface area contributed by atoms with Gasteiger partial charge in [0.05, 0.1) is 18.6 Å². The van der Waals surface area contributed by atoms with Gasteiger partial charge >= 0.3 is 11.9 Å². The first-order valence-electron chi connectivity index (χ1n) is 6.69. The molecule has 0 aliphatic carbocycles. The predicted octanol–water partition coefficient (Wildman–Crippen LogP) is 1.41. The quantitative estimate of drug-likeness (QED) is 0.827. The van der Waals surface area contributed by atoms with E-state index in [1.54, 1.807) is 6.92 Å². The van der Waals surface area contributed by atoms with Crippen LogP contribution in [0, 0.1) is 5.92 Å². The topological polar surface area (TPSA) is 101 Å². The van der Waals surface area contributed by atoms with Crippen molar-refractivity contribution in [2.45, 2.75) is 30.0 Å². The predicted molar refractivity (Wildman–Crippen MR) is 79.4 cm³/mol. The molecule has 0 spiro atoms. The molecular formula is C13H17NO6S2. The van der Waals surface area contributed by atoms with Crippen molar-refractivity contribution in [1.29, 1.82) is 0 Å². The molecule has 1 aliphatic rings. The van der Waals surface area contributed by atoms with Gasteiger partial charge in [-0.3, -0.25) is 4.79 Å². The second-order valence-electron chi connectivity index (χ2n) is 5.18. The number of carboxylic acid groups (broad SMARTS) is 1. The highest BCUT2D eigenvalue weighted by Gasteiger charge is 2.38. The minimum Gasteiger partial charge on any atom is -0.481 e. The van der Waals surface area contributed by atoms with Crippen LogP contribution in [-0.2, 0) is 19.6 Å². The van der Waals surface area contributed by atoms with E-state index in [9.17, 15) is 18.0 Å². The first-order valence-corrected chi connectivity index (χ1v) is 9.01. The number of methoxy groups -OCH3 is 1. The number of thiophene rings is 1. The van der Waals surface area contributed by atoms with Crippen molar-refractivity contribution >= 4 is 33.3 Å². The Labute approximate surface area is 132 Å². The smallest absolute Gasteiger partial charge is 0.338 e. The van der Waals surface area contributed by atoms with Crippen LogP contribution in [0.15, 0.2) is 15.7 Å². The summed E-state index contributed by atoms with van der Waals surface area (Å²) in [6.45, 7) is 1.70. The van der Waals surface area contributed by atoms with Crippen LogP contribution in [0.1, 0.15) is 30.1 Å². The molecule has 9 heteroatoms. The number of rotatable bonds is 4. The van der Waals surface area contributed by atoms with E-state index in [4.69, 9.17) is 5.11 Å². The summed E-state index contributed by atoms with van der Waals surface area (Å²) < 4.78 is 31.2. The van der Waals surface area contributed by atoms with E-state index in [1.165, 1.54) is 22.9 Å². The number of hydrogen-bond acceptors (Lipinski definition) is 6. The zero-order chi connectivity index (χ0) is 16.5. The summed E-state index contributed by atoms with van der Waals surface area (Å²) in [6.07, 6.45) is 0.950. The maximum absolute atomic E-state index is 12.7. The first-order chi connectivity index (χ1) is 10.3. The highest BCUT2D eigenvalue weighted by molar-refractivity contribution is 7.91. The largest absolute Gasteiger partial charge is 0.481 e. The normalized spacial score (nSPS) is 23.2. The number of esters is 1. The van der Waals surface area contributed by atoms with E-state index in [0.717, 1.165) is 11.3 Å². The van der Waals surface area contributed by atoms with Crippen molar-refractivity contribution in [2.75, 3.05) is 13.7 Å². The third-order valence-electron chi connectivity index (χ3n) is 3.73. The molecule has 22 heavy (non-hydrogen) atoms. The molecular weight excluding hydrogens is 330 g/mol. The summed E-state index contributed by atoms with van der Waals surface area (Å²) in [6, 6.07) is 0.993. The molecule has 2 rings (SSSR count). The number of carboxylic acids is 1. The van der Waals surface area contributed by atoms with Gasteiger partial charge in [-0.05, 0) is 25.8 Å². The van der Waals surface area contributed by atoms with Crippen LogP contribution in [0.25, 0.3) is 0 Å². The third-order valence-corrected chi connectivity index (χ3v) is 7.13. The monoisotopic (exact) mass is 347 g/mol. The second kappa shape index (κ2) is 6.35. The molecule has 2 atom stereocenters. The summed E-state index contributed by atoms with van der Waals surface area (Å²) in [5.41, 5.74) is 0.172. The van der Waals surface area contributed by atoms with Crippen molar-refractivity contribution < 1.29 is 27.9 Å². The number of aliphatic carboxylic acids is 1. The van der Waals surface area contributed by atoms with E-state index in [1.807, 2.05) is 0 Å². The van der Waals surface area contributed by atoms with Crippen LogP contribution in [0.4, 0.5) is 0 Å². The highest BCUT2D eigenvalue weighted by atomic mass is 32.2. The van der Waals surface area contributed by atoms with Crippen LogP contribution in [0.5, 0.6) is 0 Å². The standard InChI is InChI=1S/C13H17NO6S2/c1-8-3-4-9(12(15)16)6-14(8)22(18,19)11-5-10(7-21-11)13(17)20-2/h5,7-9H,3-4,6H2,1-2H3,(H,15,16). The van der Waals surface area contributed by atoms with Gasteiger partial charge in [0.1, 0.15) is 4.21 Å². The lowest BCUT2D eigenvalue weighted by Gasteiger charge is -2.34. The van der Waals surface area contributed by atoms with Gasteiger partial charge in [0, 0.05) is 18.0 Å². The molecule has 1 aromatic heterocycles. The fourth-order valence-corrected chi connectivity index (χ4v) is 5.39. The molecule has 0 amide bonds. The number of carbonyl (C=O) groups excluding carboxylic acids is 1. The number of hydrogen-bond donors (Lipinski definition) is 1. The maximum atomic E-state index is 12.7. The van der Waals surface area contributed by atoms with Crippen LogP contribution < -0.4 is 0 Å². The number of piperidine rings is 1. The van der Waals surface area contributed by atoms with E-state index in [2.05, 4.69) is 4.74 Å². The van der Waals surface area contributed by atoms with Crippen LogP contribution in [-0.4, -0.2) is 49.5 Å². The molecule has 0 bridgehead atoms. The molecule has 1 aliphatic heterocycles. The zero-order valence-corrected chi connectivity index (χ0v) is 13.8. The van der Waals surface area contributed by atoms with Crippen LogP contribution >= 0.6 is 11.3 Å². The summed E-state index contributed by atoms with van der Waals surface area (Å²) in [7, 11) is -2.60. The van der Waals surface area contributed by atoms with Crippen molar-refractivity contribution in [1.82, 2.24) is 4.31 Å². The lowest BCUT2D eigenvalue weighted by Crippen LogP contribution is -2.47. The minimum absolute atomic E-state index is 0.0192. The van der Waals surface area contributed by atoms with Gasteiger partial charge in [0.15, 0.2) is 0 Å². The first kappa shape index (κ1) is 16.9.